The molecular weight excluding hydrogens is 362 g/mol. The van der Waals surface area contributed by atoms with Gasteiger partial charge in [0.15, 0.2) is 0 Å². The van der Waals surface area contributed by atoms with Crippen molar-refractivity contribution in [1.82, 2.24) is 4.90 Å². The number of non-ortho nitro benzene ring substituents is 1. The summed E-state index contributed by atoms with van der Waals surface area (Å²) in [6.45, 7) is 0. The van der Waals surface area contributed by atoms with E-state index in [2.05, 4.69) is 29.2 Å². The minimum Gasteiger partial charge on any atom is -0.356 e. The molecule has 4 rings (SSSR count). The van der Waals surface area contributed by atoms with E-state index in [0.717, 1.165) is 29.7 Å². The fourth-order valence-corrected chi connectivity index (χ4v) is 4.46. The molecule has 1 unspecified atom stereocenters. The number of allylic oxidation sites excluding steroid dienone is 2. The molecule has 1 atom stereocenters. The van der Waals surface area contributed by atoms with Crippen molar-refractivity contribution in [2.24, 2.45) is 0 Å². The van der Waals surface area contributed by atoms with E-state index in [0.29, 0.717) is 11.6 Å². The third kappa shape index (κ3) is 3.79. The quantitative estimate of drug-likeness (QED) is 0.494. The fourth-order valence-electron chi connectivity index (χ4n) is 4.46. The van der Waals surface area contributed by atoms with Crippen LogP contribution in [0.2, 0.25) is 0 Å². The second-order valence-corrected chi connectivity index (χ2v) is 7.59. The van der Waals surface area contributed by atoms with Crippen molar-refractivity contribution in [3.8, 4) is 6.07 Å². The summed E-state index contributed by atoms with van der Waals surface area (Å²) in [5.41, 5.74) is 3.76. The standard InChI is InChI=1S/C24H23N3O2/c25-17-20-13-16-23(18-11-14-22(15-12-18)27(28)29)26(21-9-5-2-6-10-21)24(20)19-7-3-1-4-8-19/h1,3-4,7-8,11-16,21,23H,2,5-6,9-10H2. The molecule has 29 heavy (non-hydrogen) atoms. The van der Waals surface area contributed by atoms with E-state index >= 15 is 0 Å². The first-order valence-electron chi connectivity index (χ1n) is 10.1. The minimum atomic E-state index is -0.373. The van der Waals surface area contributed by atoms with E-state index in [9.17, 15) is 15.4 Å². The molecule has 0 amide bonds. The van der Waals surface area contributed by atoms with Gasteiger partial charge < -0.3 is 4.90 Å². The topological polar surface area (TPSA) is 70.2 Å². The van der Waals surface area contributed by atoms with Crippen molar-refractivity contribution in [3.63, 3.8) is 0 Å². The number of benzene rings is 2. The van der Waals surface area contributed by atoms with E-state index in [-0.39, 0.29) is 16.7 Å². The monoisotopic (exact) mass is 385 g/mol. The van der Waals surface area contributed by atoms with Crippen LogP contribution in [0.1, 0.15) is 49.3 Å². The lowest BCUT2D eigenvalue weighted by molar-refractivity contribution is -0.384. The Labute approximate surface area is 170 Å². The van der Waals surface area contributed by atoms with Gasteiger partial charge in [0.05, 0.1) is 22.2 Å². The molecule has 5 nitrogen and oxygen atoms in total. The van der Waals surface area contributed by atoms with Crippen LogP contribution >= 0.6 is 0 Å². The Morgan fingerprint density at radius 3 is 2.31 bits per heavy atom. The van der Waals surface area contributed by atoms with Crippen LogP contribution in [0.3, 0.4) is 0 Å². The summed E-state index contributed by atoms with van der Waals surface area (Å²) in [5.74, 6) is 0. The third-order valence-electron chi connectivity index (χ3n) is 5.84. The summed E-state index contributed by atoms with van der Waals surface area (Å²) in [4.78, 5) is 13.1. The third-order valence-corrected chi connectivity index (χ3v) is 5.84. The van der Waals surface area contributed by atoms with Crippen molar-refractivity contribution in [1.29, 1.82) is 5.26 Å². The maximum absolute atomic E-state index is 11.1. The molecule has 1 fully saturated rings. The molecule has 2 aliphatic rings. The molecule has 5 heteroatoms. The zero-order valence-electron chi connectivity index (χ0n) is 16.2. The van der Waals surface area contributed by atoms with Crippen LogP contribution < -0.4 is 0 Å². The van der Waals surface area contributed by atoms with Crippen LogP contribution in [0.5, 0.6) is 0 Å². The first-order valence-corrected chi connectivity index (χ1v) is 10.1. The van der Waals surface area contributed by atoms with Gasteiger partial charge in [-0.25, -0.2) is 0 Å². The molecule has 0 spiro atoms. The Hall–Kier alpha value is -3.39. The van der Waals surface area contributed by atoms with Crippen molar-refractivity contribution in [2.45, 2.75) is 44.2 Å². The molecule has 0 saturated heterocycles. The maximum Gasteiger partial charge on any atom is 0.269 e. The molecule has 1 aliphatic heterocycles. The Kier molecular flexibility index (Phi) is 5.44. The van der Waals surface area contributed by atoms with Crippen LogP contribution in [0, 0.1) is 21.4 Å². The van der Waals surface area contributed by atoms with Gasteiger partial charge >= 0.3 is 0 Å². The van der Waals surface area contributed by atoms with Crippen LogP contribution in [-0.2, 0) is 0 Å². The molecular formula is C24H23N3O2. The zero-order chi connectivity index (χ0) is 20.2. The minimum absolute atomic E-state index is 0.0498. The Morgan fingerprint density at radius 1 is 1.00 bits per heavy atom. The van der Waals surface area contributed by atoms with E-state index in [1.54, 1.807) is 12.1 Å². The summed E-state index contributed by atoms with van der Waals surface area (Å²) in [6, 6.07) is 19.5. The van der Waals surface area contributed by atoms with Gasteiger partial charge in [-0.2, -0.15) is 5.26 Å². The van der Waals surface area contributed by atoms with Gasteiger partial charge in [0.25, 0.3) is 5.69 Å². The fraction of sp³-hybridized carbons (Fsp3) is 0.292. The molecule has 0 N–H and O–H groups in total. The van der Waals surface area contributed by atoms with Gasteiger partial charge in [-0.15, -0.1) is 0 Å². The lowest BCUT2D eigenvalue weighted by Gasteiger charge is -2.44. The molecule has 1 heterocycles. The summed E-state index contributed by atoms with van der Waals surface area (Å²) in [6.07, 6.45) is 9.74. The van der Waals surface area contributed by atoms with Gasteiger partial charge in [-0.1, -0.05) is 55.7 Å². The Bertz CT molecular complexity index is 981. The number of hydrogen-bond acceptors (Lipinski definition) is 4. The van der Waals surface area contributed by atoms with Crippen LogP contribution in [0.15, 0.2) is 72.3 Å². The molecule has 0 aromatic heterocycles. The number of nitrogens with zero attached hydrogens (tertiary/aromatic N) is 3. The van der Waals surface area contributed by atoms with Crippen molar-refractivity contribution in [3.05, 3.63) is 93.6 Å². The first-order chi connectivity index (χ1) is 14.2. The average Bonchev–Trinajstić information content (AvgIpc) is 2.79. The highest BCUT2D eigenvalue weighted by Gasteiger charge is 2.33. The van der Waals surface area contributed by atoms with E-state index in [1.807, 2.05) is 36.4 Å². The molecule has 1 aliphatic carbocycles. The number of hydrogen-bond donors (Lipinski definition) is 0. The lowest BCUT2D eigenvalue weighted by atomic mass is 9.87. The largest absolute Gasteiger partial charge is 0.356 e. The predicted molar refractivity (Wildman–Crippen MR) is 113 cm³/mol. The van der Waals surface area contributed by atoms with Crippen LogP contribution in [0.25, 0.3) is 5.70 Å². The number of nitro benzene ring substituents is 1. The zero-order valence-corrected chi connectivity index (χ0v) is 16.2. The van der Waals surface area contributed by atoms with Gasteiger partial charge in [0.1, 0.15) is 6.07 Å². The van der Waals surface area contributed by atoms with Crippen molar-refractivity contribution < 1.29 is 4.92 Å². The highest BCUT2D eigenvalue weighted by molar-refractivity contribution is 5.75. The predicted octanol–water partition coefficient (Wildman–Crippen LogP) is 5.78. The molecule has 2 aromatic carbocycles. The second-order valence-electron chi connectivity index (χ2n) is 7.59. The highest BCUT2D eigenvalue weighted by Crippen LogP contribution is 2.42. The Balaban J connectivity index is 1.81. The first kappa shape index (κ1) is 18.9. The smallest absolute Gasteiger partial charge is 0.269 e. The normalized spacial score (nSPS) is 19.8. The SMILES string of the molecule is N#CC1=C(c2ccccc2)N(C2CCCCC2)C(c2ccc([N+](=O)[O-])cc2)C=C1. The summed E-state index contributed by atoms with van der Waals surface area (Å²) in [7, 11) is 0. The van der Waals surface area contributed by atoms with Crippen molar-refractivity contribution >= 4 is 11.4 Å². The highest BCUT2D eigenvalue weighted by atomic mass is 16.6. The molecule has 0 radical (unpaired) electrons. The number of nitriles is 1. The van der Waals surface area contributed by atoms with Crippen LogP contribution in [-0.4, -0.2) is 15.9 Å². The average molecular weight is 385 g/mol. The molecule has 2 aromatic rings. The van der Waals surface area contributed by atoms with E-state index in [1.165, 1.54) is 19.3 Å². The lowest BCUT2D eigenvalue weighted by Crippen LogP contribution is -2.39. The molecule has 0 bridgehead atoms. The summed E-state index contributed by atoms with van der Waals surface area (Å²) >= 11 is 0. The Morgan fingerprint density at radius 2 is 1.69 bits per heavy atom. The maximum atomic E-state index is 11.1. The molecule has 1 saturated carbocycles. The number of nitro groups is 1. The summed E-state index contributed by atoms with van der Waals surface area (Å²) in [5, 5.41) is 20.9. The van der Waals surface area contributed by atoms with Gasteiger partial charge in [-0.3, -0.25) is 10.1 Å². The van der Waals surface area contributed by atoms with Gasteiger partial charge in [0, 0.05) is 18.2 Å². The summed E-state index contributed by atoms with van der Waals surface area (Å²) < 4.78 is 0. The molecule has 146 valence electrons. The van der Waals surface area contributed by atoms with Gasteiger partial charge in [-0.05, 0) is 42.2 Å². The van der Waals surface area contributed by atoms with E-state index in [4.69, 9.17) is 0 Å². The second kappa shape index (κ2) is 8.32. The van der Waals surface area contributed by atoms with Crippen LogP contribution in [0.4, 0.5) is 5.69 Å². The van der Waals surface area contributed by atoms with E-state index < -0.39 is 0 Å². The van der Waals surface area contributed by atoms with Crippen molar-refractivity contribution in [2.75, 3.05) is 0 Å². The van der Waals surface area contributed by atoms with Gasteiger partial charge in [0.2, 0.25) is 0 Å². The number of rotatable bonds is 4.